The minimum absolute atomic E-state index is 0.365. The first-order valence-electron chi connectivity index (χ1n) is 6.12. The lowest BCUT2D eigenvalue weighted by Gasteiger charge is -2.06. The molecule has 2 aromatic rings. The number of rotatable bonds is 5. The van der Waals surface area contributed by atoms with Gasteiger partial charge in [-0.15, -0.1) is 11.3 Å². The number of thiophene rings is 1. The van der Waals surface area contributed by atoms with Crippen molar-refractivity contribution < 1.29 is 9.90 Å². The summed E-state index contributed by atoms with van der Waals surface area (Å²) in [5.41, 5.74) is 2.93. The number of nitrogens with one attached hydrogen (secondary N) is 1. The maximum absolute atomic E-state index is 10.9. The van der Waals surface area contributed by atoms with Crippen molar-refractivity contribution in [3.8, 4) is 6.07 Å². The molecule has 0 aliphatic rings. The van der Waals surface area contributed by atoms with E-state index in [4.69, 9.17) is 10.4 Å². The van der Waals surface area contributed by atoms with E-state index in [1.165, 1.54) is 11.3 Å². The molecule has 4 nitrogen and oxygen atoms in total. The molecular formula is C15H14N2O2S. The lowest BCUT2D eigenvalue weighted by molar-refractivity contribution is 0.0702. The Hall–Kier alpha value is -2.32. The Labute approximate surface area is 121 Å². The average molecular weight is 286 g/mol. The van der Waals surface area contributed by atoms with Crippen LogP contribution < -0.4 is 5.32 Å². The third-order valence-electron chi connectivity index (χ3n) is 2.95. The monoisotopic (exact) mass is 286 g/mol. The second-order valence-corrected chi connectivity index (χ2v) is 5.64. The number of hydrogen-bond donors (Lipinski definition) is 2. The summed E-state index contributed by atoms with van der Waals surface area (Å²) in [7, 11) is 0. The molecule has 2 rings (SSSR count). The van der Waals surface area contributed by atoms with Gasteiger partial charge in [-0.05, 0) is 36.2 Å². The molecule has 0 amide bonds. The molecule has 5 heteroatoms. The molecule has 20 heavy (non-hydrogen) atoms. The Morgan fingerprint density at radius 3 is 2.65 bits per heavy atom. The van der Waals surface area contributed by atoms with Crippen molar-refractivity contribution in [2.45, 2.75) is 19.9 Å². The van der Waals surface area contributed by atoms with Gasteiger partial charge in [0.15, 0.2) is 0 Å². The molecule has 0 bridgehead atoms. The Morgan fingerprint density at radius 2 is 2.10 bits per heavy atom. The van der Waals surface area contributed by atoms with Crippen LogP contribution in [0.5, 0.6) is 0 Å². The maximum atomic E-state index is 10.9. The molecule has 1 aromatic heterocycles. The van der Waals surface area contributed by atoms with Crippen LogP contribution in [0.3, 0.4) is 0 Å². The van der Waals surface area contributed by atoms with Gasteiger partial charge in [0.25, 0.3) is 0 Å². The SMILES string of the molecule is Cc1sc(C(=O)O)cc1CNc1ccc(CC#N)cc1. The number of carbonyl (C=O) groups is 1. The van der Waals surface area contributed by atoms with Crippen molar-refractivity contribution in [1.29, 1.82) is 5.26 Å². The summed E-state index contributed by atoms with van der Waals surface area (Å²) < 4.78 is 0. The van der Waals surface area contributed by atoms with Crippen molar-refractivity contribution >= 4 is 23.0 Å². The number of aromatic carboxylic acids is 1. The molecule has 1 aromatic carbocycles. The zero-order valence-electron chi connectivity index (χ0n) is 11.0. The van der Waals surface area contributed by atoms with Gasteiger partial charge in [-0.2, -0.15) is 5.26 Å². The van der Waals surface area contributed by atoms with Gasteiger partial charge in [-0.25, -0.2) is 4.79 Å². The summed E-state index contributed by atoms with van der Waals surface area (Å²) in [6, 6.07) is 11.5. The van der Waals surface area contributed by atoms with Crippen LogP contribution in [0.15, 0.2) is 30.3 Å². The Morgan fingerprint density at radius 1 is 1.40 bits per heavy atom. The minimum atomic E-state index is -0.884. The fourth-order valence-corrected chi connectivity index (χ4v) is 2.71. The van der Waals surface area contributed by atoms with Crippen molar-refractivity contribution in [1.82, 2.24) is 0 Å². The second-order valence-electron chi connectivity index (χ2n) is 4.38. The van der Waals surface area contributed by atoms with Gasteiger partial charge < -0.3 is 10.4 Å². The minimum Gasteiger partial charge on any atom is -0.477 e. The highest BCUT2D eigenvalue weighted by Crippen LogP contribution is 2.22. The summed E-state index contributed by atoms with van der Waals surface area (Å²) in [5, 5.41) is 20.8. The topological polar surface area (TPSA) is 73.1 Å². The first kappa shape index (κ1) is 14.1. The molecule has 0 radical (unpaired) electrons. The van der Waals surface area contributed by atoms with Crippen LogP contribution in [0.2, 0.25) is 0 Å². The number of anilines is 1. The quantitative estimate of drug-likeness (QED) is 0.883. The van der Waals surface area contributed by atoms with Crippen molar-refractivity contribution in [3.63, 3.8) is 0 Å². The molecule has 0 aliphatic heterocycles. The van der Waals surface area contributed by atoms with Gasteiger partial charge in [0.1, 0.15) is 4.88 Å². The fraction of sp³-hybridized carbons (Fsp3) is 0.200. The van der Waals surface area contributed by atoms with E-state index in [1.807, 2.05) is 31.2 Å². The van der Waals surface area contributed by atoms with Gasteiger partial charge in [0.05, 0.1) is 12.5 Å². The molecule has 0 aliphatic carbocycles. The summed E-state index contributed by atoms with van der Waals surface area (Å²) in [6.45, 7) is 2.51. The van der Waals surface area contributed by atoms with Gasteiger partial charge in [0.2, 0.25) is 0 Å². The van der Waals surface area contributed by atoms with Crippen LogP contribution in [-0.2, 0) is 13.0 Å². The Kier molecular flexibility index (Phi) is 4.38. The number of aryl methyl sites for hydroxylation is 1. The average Bonchev–Trinajstić information content (AvgIpc) is 2.80. The van der Waals surface area contributed by atoms with Gasteiger partial charge in [-0.3, -0.25) is 0 Å². The number of carboxylic acid groups (broad SMARTS) is 1. The largest absolute Gasteiger partial charge is 0.477 e. The van der Waals surface area contributed by atoms with Crippen molar-refractivity contribution in [2.75, 3.05) is 5.32 Å². The highest BCUT2D eigenvalue weighted by atomic mass is 32.1. The zero-order valence-corrected chi connectivity index (χ0v) is 11.8. The smallest absolute Gasteiger partial charge is 0.345 e. The van der Waals surface area contributed by atoms with Crippen LogP contribution in [0.1, 0.15) is 25.7 Å². The number of nitrogens with zero attached hydrogens (tertiary/aromatic N) is 1. The van der Waals surface area contributed by atoms with Crippen molar-refractivity contribution in [2.24, 2.45) is 0 Å². The predicted octanol–water partition coefficient (Wildman–Crippen LogP) is 3.43. The van der Waals surface area contributed by atoms with Crippen LogP contribution in [0.4, 0.5) is 5.69 Å². The summed E-state index contributed by atoms with van der Waals surface area (Å²) >= 11 is 1.29. The zero-order chi connectivity index (χ0) is 14.5. The molecule has 0 fully saturated rings. The van der Waals surface area contributed by atoms with Crippen LogP contribution in [-0.4, -0.2) is 11.1 Å². The summed E-state index contributed by atoms with van der Waals surface area (Å²) in [4.78, 5) is 12.3. The number of hydrogen-bond acceptors (Lipinski definition) is 4. The maximum Gasteiger partial charge on any atom is 0.345 e. The van der Waals surface area contributed by atoms with Gasteiger partial charge in [-0.1, -0.05) is 12.1 Å². The molecule has 2 N–H and O–H groups in total. The molecule has 0 unspecified atom stereocenters. The van der Waals surface area contributed by atoms with Crippen molar-refractivity contribution in [3.05, 3.63) is 51.2 Å². The highest BCUT2D eigenvalue weighted by Gasteiger charge is 2.10. The Balaban J connectivity index is 2.01. The fourth-order valence-electron chi connectivity index (χ4n) is 1.83. The van der Waals surface area contributed by atoms with E-state index in [1.54, 1.807) is 6.07 Å². The normalized spacial score (nSPS) is 10.0. The van der Waals surface area contributed by atoms with E-state index in [0.717, 1.165) is 21.7 Å². The third-order valence-corrected chi connectivity index (χ3v) is 4.03. The Bertz CT molecular complexity index is 654. The lowest BCUT2D eigenvalue weighted by atomic mass is 10.1. The van der Waals surface area contributed by atoms with E-state index in [-0.39, 0.29) is 0 Å². The second kappa shape index (κ2) is 6.22. The summed E-state index contributed by atoms with van der Waals surface area (Å²) in [5.74, 6) is -0.884. The van der Waals surface area contributed by atoms with Crippen LogP contribution in [0, 0.1) is 18.3 Å². The van der Waals surface area contributed by atoms with Gasteiger partial charge >= 0.3 is 5.97 Å². The van der Waals surface area contributed by atoms with E-state index in [9.17, 15) is 4.79 Å². The number of nitriles is 1. The molecule has 102 valence electrons. The molecule has 1 heterocycles. The van der Waals surface area contributed by atoms with Crippen LogP contribution in [0.25, 0.3) is 0 Å². The number of benzene rings is 1. The molecule has 0 saturated carbocycles. The van der Waals surface area contributed by atoms with Crippen LogP contribution >= 0.6 is 11.3 Å². The van der Waals surface area contributed by atoms with E-state index < -0.39 is 5.97 Å². The first-order chi connectivity index (χ1) is 9.60. The first-order valence-corrected chi connectivity index (χ1v) is 6.94. The predicted molar refractivity (Wildman–Crippen MR) is 79.1 cm³/mol. The van der Waals surface area contributed by atoms with E-state index >= 15 is 0 Å². The van der Waals surface area contributed by atoms with E-state index in [2.05, 4.69) is 11.4 Å². The summed E-state index contributed by atoms with van der Waals surface area (Å²) in [6.07, 6.45) is 0.409. The molecular weight excluding hydrogens is 272 g/mol. The third kappa shape index (κ3) is 3.37. The number of carboxylic acids is 1. The molecule has 0 spiro atoms. The molecule has 0 atom stereocenters. The molecule has 0 saturated heterocycles. The lowest BCUT2D eigenvalue weighted by Crippen LogP contribution is -1.99. The highest BCUT2D eigenvalue weighted by molar-refractivity contribution is 7.14. The van der Waals surface area contributed by atoms with Gasteiger partial charge in [0, 0.05) is 17.1 Å². The standard InChI is InChI=1S/C15H14N2O2S/c1-10-12(8-14(20-10)15(18)19)9-17-13-4-2-11(3-5-13)6-7-16/h2-5,8,17H,6,9H2,1H3,(H,18,19). The van der Waals surface area contributed by atoms with E-state index in [0.29, 0.717) is 17.8 Å².